The number of fused-ring (bicyclic) bond motifs is 1. The highest BCUT2D eigenvalue weighted by Crippen LogP contribution is 2.15. The minimum Gasteiger partial charge on any atom is -0.301 e. The van der Waals surface area contributed by atoms with E-state index >= 15 is 0 Å². The summed E-state index contributed by atoms with van der Waals surface area (Å²) in [5, 5.41) is 5.62. The molecule has 0 unspecified atom stereocenters. The zero-order valence-corrected chi connectivity index (χ0v) is 9.57. The van der Waals surface area contributed by atoms with E-state index in [0.29, 0.717) is 0 Å². The summed E-state index contributed by atoms with van der Waals surface area (Å²) < 4.78 is 0. The summed E-state index contributed by atoms with van der Waals surface area (Å²) in [5.41, 5.74) is 3.32. The van der Waals surface area contributed by atoms with Gasteiger partial charge in [0.05, 0.1) is 5.69 Å². The van der Waals surface area contributed by atoms with Crippen molar-refractivity contribution in [3.8, 4) is 0 Å². The average Bonchev–Trinajstić information content (AvgIpc) is 2.72. The second kappa shape index (κ2) is 4.22. The van der Waals surface area contributed by atoms with Crippen LogP contribution in [0.15, 0.2) is 35.1 Å². The summed E-state index contributed by atoms with van der Waals surface area (Å²) in [6, 6.07) is 10.4. The van der Waals surface area contributed by atoms with Crippen molar-refractivity contribution < 1.29 is 0 Å². The van der Waals surface area contributed by atoms with Crippen LogP contribution in [-0.4, -0.2) is 21.6 Å². The fourth-order valence-corrected chi connectivity index (χ4v) is 2.37. The van der Waals surface area contributed by atoms with Crippen LogP contribution in [0, 0.1) is 0 Å². The lowest BCUT2D eigenvalue weighted by molar-refractivity contribution is 0.242. The Morgan fingerprint density at radius 3 is 2.82 bits per heavy atom. The third kappa shape index (κ3) is 2.03. The van der Waals surface area contributed by atoms with Crippen molar-refractivity contribution in [1.82, 2.24) is 15.1 Å². The van der Waals surface area contributed by atoms with Crippen LogP contribution in [0.3, 0.4) is 0 Å². The van der Waals surface area contributed by atoms with Gasteiger partial charge in [-0.3, -0.25) is 14.8 Å². The molecule has 0 saturated carbocycles. The van der Waals surface area contributed by atoms with Crippen LogP contribution in [-0.2, 0) is 19.5 Å². The number of aromatic amines is 2. The molecule has 0 radical (unpaired) electrons. The number of aromatic nitrogens is 2. The second-order valence-corrected chi connectivity index (χ2v) is 4.48. The van der Waals surface area contributed by atoms with E-state index in [1.165, 1.54) is 5.56 Å². The Bertz CT molecular complexity index is 556. The molecule has 3 rings (SSSR count). The first-order valence-corrected chi connectivity index (χ1v) is 5.87. The number of hydrogen-bond acceptors (Lipinski definition) is 2. The highest BCUT2D eigenvalue weighted by atomic mass is 16.1. The van der Waals surface area contributed by atoms with Crippen molar-refractivity contribution in [2.45, 2.75) is 19.5 Å². The number of hydrogen-bond donors (Lipinski definition) is 2. The number of nitrogens with zero attached hydrogens (tertiary/aromatic N) is 1. The number of H-pyrrole nitrogens is 2. The normalized spacial score (nSPS) is 15.8. The summed E-state index contributed by atoms with van der Waals surface area (Å²) >= 11 is 0. The van der Waals surface area contributed by atoms with Gasteiger partial charge in [-0.2, -0.15) is 0 Å². The van der Waals surface area contributed by atoms with Crippen LogP contribution in [0.5, 0.6) is 0 Å². The largest absolute Gasteiger partial charge is 0.301 e. The van der Waals surface area contributed by atoms with Gasteiger partial charge >= 0.3 is 0 Å². The molecule has 2 aromatic rings. The second-order valence-electron chi connectivity index (χ2n) is 4.48. The topological polar surface area (TPSA) is 51.9 Å². The maximum Gasteiger partial charge on any atom is 0.267 e. The van der Waals surface area contributed by atoms with Crippen LogP contribution < -0.4 is 5.56 Å². The molecule has 0 amide bonds. The lowest BCUT2D eigenvalue weighted by atomic mass is 10.1. The van der Waals surface area contributed by atoms with Gasteiger partial charge in [0.1, 0.15) is 0 Å². The van der Waals surface area contributed by atoms with Gasteiger partial charge in [0.15, 0.2) is 0 Å². The van der Waals surface area contributed by atoms with Crippen molar-refractivity contribution in [3.05, 3.63) is 57.5 Å². The van der Waals surface area contributed by atoms with Crippen molar-refractivity contribution in [3.63, 3.8) is 0 Å². The van der Waals surface area contributed by atoms with Crippen LogP contribution >= 0.6 is 0 Å². The molecular weight excluding hydrogens is 214 g/mol. The van der Waals surface area contributed by atoms with Crippen molar-refractivity contribution in [2.24, 2.45) is 0 Å². The number of benzene rings is 1. The molecule has 2 heterocycles. The van der Waals surface area contributed by atoms with E-state index in [1.807, 2.05) is 6.07 Å². The molecule has 0 atom stereocenters. The molecule has 1 aromatic heterocycles. The van der Waals surface area contributed by atoms with Crippen molar-refractivity contribution in [2.75, 3.05) is 6.54 Å². The van der Waals surface area contributed by atoms with Gasteiger partial charge in [-0.25, -0.2) is 0 Å². The molecule has 2 N–H and O–H groups in total. The summed E-state index contributed by atoms with van der Waals surface area (Å²) in [5.74, 6) is 0. The van der Waals surface area contributed by atoms with Gasteiger partial charge in [-0.15, -0.1) is 0 Å². The monoisotopic (exact) mass is 229 g/mol. The average molecular weight is 229 g/mol. The van der Waals surface area contributed by atoms with Gasteiger partial charge in [0.25, 0.3) is 5.56 Å². The molecule has 0 saturated heterocycles. The Kier molecular flexibility index (Phi) is 2.57. The molecule has 1 aliphatic rings. The first-order chi connectivity index (χ1) is 8.33. The molecule has 0 aliphatic carbocycles. The minimum atomic E-state index is 0.0411. The van der Waals surface area contributed by atoms with Gasteiger partial charge in [0.2, 0.25) is 0 Å². The predicted octanol–water partition coefficient (Wildman–Crippen LogP) is 1.26. The van der Waals surface area contributed by atoms with E-state index < -0.39 is 0 Å². The molecule has 17 heavy (non-hydrogen) atoms. The fourth-order valence-electron chi connectivity index (χ4n) is 2.37. The zero-order valence-electron chi connectivity index (χ0n) is 9.57. The van der Waals surface area contributed by atoms with E-state index in [4.69, 9.17) is 0 Å². The van der Waals surface area contributed by atoms with Gasteiger partial charge in [0, 0.05) is 25.2 Å². The highest BCUT2D eigenvalue weighted by molar-refractivity contribution is 5.20. The Morgan fingerprint density at radius 1 is 1.18 bits per heavy atom. The fraction of sp³-hybridized carbons (Fsp3) is 0.308. The maximum atomic E-state index is 11.4. The smallest absolute Gasteiger partial charge is 0.267 e. The van der Waals surface area contributed by atoms with E-state index in [9.17, 15) is 4.79 Å². The summed E-state index contributed by atoms with van der Waals surface area (Å²) in [6.45, 7) is 2.71. The van der Waals surface area contributed by atoms with Gasteiger partial charge < -0.3 is 5.10 Å². The van der Waals surface area contributed by atoms with Crippen molar-refractivity contribution >= 4 is 0 Å². The highest BCUT2D eigenvalue weighted by Gasteiger charge is 2.19. The summed E-state index contributed by atoms with van der Waals surface area (Å²) in [6.07, 6.45) is 0.834. The predicted molar refractivity (Wildman–Crippen MR) is 65.7 cm³/mol. The Balaban J connectivity index is 1.75. The summed E-state index contributed by atoms with van der Waals surface area (Å²) in [7, 11) is 0. The van der Waals surface area contributed by atoms with Crippen LogP contribution in [0.25, 0.3) is 0 Å². The molecule has 88 valence electrons. The molecule has 1 aliphatic heterocycles. The minimum absolute atomic E-state index is 0.0411. The molecule has 0 fully saturated rings. The Hall–Kier alpha value is -1.81. The van der Waals surface area contributed by atoms with Gasteiger partial charge in [-0.05, 0) is 12.0 Å². The van der Waals surface area contributed by atoms with E-state index in [0.717, 1.165) is 37.3 Å². The van der Waals surface area contributed by atoms with E-state index in [2.05, 4.69) is 39.4 Å². The van der Waals surface area contributed by atoms with E-state index in [-0.39, 0.29) is 5.56 Å². The molecular formula is C13H15N3O. The lowest BCUT2D eigenvalue weighted by Gasteiger charge is -2.25. The van der Waals surface area contributed by atoms with Crippen LogP contribution in [0.1, 0.15) is 16.8 Å². The molecule has 0 bridgehead atoms. The SMILES string of the molecule is O=c1[nH][nH]c2c1CCN(Cc1ccccc1)C2. The van der Waals surface area contributed by atoms with Gasteiger partial charge in [-0.1, -0.05) is 30.3 Å². The third-order valence-electron chi connectivity index (χ3n) is 3.27. The zero-order chi connectivity index (χ0) is 11.7. The quantitative estimate of drug-likeness (QED) is 0.814. The van der Waals surface area contributed by atoms with E-state index in [1.54, 1.807) is 0 Å². The lowest BCUT2D eigenvalue weighted by Crippen LogP contribution is -2.31. The molecule has 0 spiro atoms. The maximum absolute atomic E-state index is 11.4. The first kappa shape index (κ1) is 10.4. The molecule has 4 nitrogen and oxygen atoms in total. The Labute approximate surface area is 99.3 Å². The number of rotatable bonds is 2. The summed E-state index contributed by atoms with van der Waals surface area (Å²) in [4.78, 5) is 13.8. The number of nitrogens with one attached hydrogen (secondary N) is 2. The van der Waals surface area contributed by atoms with Crippen molar-refractivity contribution in [1.29, 1.82) is 0 Å². The molecule has 1 aromatic carbocycles. The van der Waals surface area contributed by atoms with Crippen LogP contribution in [0.4, 0.5) is 0 Å². The van der Waals surface area contributed by atoms with Crippen LogP contribution in [0.2, 0.25) is 0 Å². The Morgan fingerprint density at radius 2 is 2.00 bits per heavy atom. The third-order valence-corrected chi connectivity index (χ3v) is 3.27. The first-order valence-electron chi connectivity index (χ1n) is 5.87. The standard InChI is InChI=1S/C13H15N3O/c17-13-11-6-7-16(9-12(11)14-15-13)8-10-4-2-1-3-5-10/h1-5H,6-9H2,(H2,14,15,17). The molecule has 4 heteroatoms.